The maximum absolute atomic E-state index is 12.9. The Morgan fingerprint density at radius 2 is 1.97 bits per heavy atom. The summed E-state index contributed by atoms with van der Waals surface area (Å²) in [6, 6.07) is 6.12. The molecule has 1 aromatic rings. The Bertz CT molecular complexity index is 905. The molecule has 0 spiro atoms. The molecule has 0 amide bonds. The van der Waals surface area contributed by atoms with Gasteiger partial charge in [0.2, 0.25) is 0 Å². The lowest BCUT2D eigenvalue weighted by Gasteiger charge is -2.46. The highest BCUT2D eigenvalue weighted by molar-refractivity contribution is 6.30. The van der Waals surface area contributed by atoms with Gasteiger partial charge in [-0.2, -0.15) is 0 Å². The van der Waals surface area contributed by atoms with Crippen molar-refractivity contribution in [2.24, 2.45) is 17.3 Å². The predicted molar refractivity (Wildman–Crippen MR) is 126 cm³/mol. The van der Waals surface area contributed by atoms with Crippen molar-refractivity contribution in [1.82, 2.24) is 4.90 Å². The topological polar surface area (TPSA) is 32.8 Å². The fraction of sp³-hybridized carbons (Fsp3) is 0.654. The third-order valence-corrected chi connectivity index (χ3v) is 8.75. The Morgan fingerprint density at radius 1 is 1.19 bits per heavy atom. The van der Waals surface area contributed by atoms with Crippen LogP contribution in [0.4, 0.5) is 5.69 Å². The van der Waals surface area contributed by atoms with Gasteiger partial charge in [0, 0.05) is 49.4 Å². The number of carbonyl (C=O) groups excluding carboxylic acids is 1. The van der Waals surface area contributed by atoms with E-state index >= 15 is 0 Å². The fourth-order valence-corrected chi connectivity index (χ4v) is 6.86. The van der Waals surface area contributed by atoms with E-state index < -0.39 is 0 Å². The van der Waals surface area contributed by atoms with E-state index in [0.717, 1.165) is 50.6 Å². The van der Waals surface area contributed by atoms with Crippen molar-refractivity contribution in [2.75, 3.05) is 37.6 Å². The standard InChI is InChI=1S/C26H35ClN2O2/c1-17-5-4-8-26(3)15-24-20(14-22(17)26)21(25(30)31-24)16-28-9-11-29(12-10-28)23-13-19(27)7-6-18(23)2/h6-7,13,20-21,24H,4-5,8-12,14-16H2,1-3H3/t20-,21+,24+,26+/m0/s1. The molecule has 2 aliphatic carbocycles. The fourth-order valence-electron chi connectivity index (χ4n) is 6.69. The van der Waals surface area contributed by atoms with E-state index in [-0.39, 0.29) is 23.4 Å². The van der Waals surface area contributed by atoms with Crippen LogP contribution in [0, 0.1) is 24.2 Å². The molecule has 0 radical (unpaired) electrons. The molecule has 1 aromatic carbocycles. The first-order chi connectivity index (χ1) is 14.8. The Labute approximate surface area is 191 Å². The van der Waals surface area contributed by atoms with Crippen LogP contribution in [0.3, 0.4) is 0 Å². The van der Waals surface area contributed by atoms with Crippen LogP contribution in [0.2, 0.25) is 5.02 Å². The summed E-state index contributed by atoms with van der Waals surface area (Å²) in [5.74, 6) is 0.427. The molecule has 0 unspecified atom stereocenters. The van der Waals surface area contributed by atoms with E-state index in [1.54, 1.807) is 11.1 Å². The van der Waals surface area contributed by atoms with Crippen LogP contribution in [0.1, 0.15) is 51.5 Å². The van der Waals surface area contributed by atoms with Gasteiger partial charge in [0.25, 0.3) is 0 Å². The summed E-state index contributed by atoms with van der Waals surface area (Å²) < 4.78 is 5.97. The van der Waals surface area contributed by atoms with Gasteiger partial charge in [-0.05, 0) is 69.1 Å². The summed E-state index contributed by atoms with van der Waals surface area (Å²) in [4.78, 5) is 17.8. The maximum Gasteiger partial charge on any atom is 0.310 e. The lowest BCUT2D eigenvalue weighted by molar-refractivity contribution is -0.145. The van der Waals surface area contributed by atoms with Gasteiger partial charge in [-0.1, -0.05) is 35.7 Å². The van der Waals surface area contributed by atoms with E-state index in [4.69, 9.17) is 16.3 Å². The molecular formula is C26H35ClN2O2. The second kappa shape index (κ2) is 8.12. The van der Waals surface area contributed by atoms with Crippen LogP contribution in [-0.2, 0) is 9.53 Å². The molecular weight excluding hydrogens is 408 g/mol. The molecule has 31 heavy (non-hydrogen) atoms. The molecule has 4 aliphatic rings. The third-order valence-electron chi connectivity index (χ3n) is 8.52. The summed E-state index contributed by atoms with van der Waals surface area (Å²) in [7, 11) is 0. The molecule has 0 aromatic heterocycles. The molecule has 4 nitrogen and oxygen atoms in total. The Morgan fingerprint density at radius 3 is 2.74 bits per heavy atom. The van der Waals surface area contributed by atoms with E-state index in [1.165, 1.54) is 30.5 Å². The van der Waals surface area contributed by atoms with Crippen molar-refractivity contribution in [3.8, 4) is 0 Å². The van der Waals surface area contributed by atoms with Crippen LogP contribution >= 0.6 is 11.6 Å². The number of piperazine rings is 1. The zero-order valence-electron chi connectivity index (χ0n) is 19.1. The Balaban J connectivity index is 1.25. The first-order valence-corrected chi connectivity index (χ1v) is 12.3. The molecule has 1 saturated carbocycles. The number of halogens is 1. The summed E-state index contributed by atoms with van der Waals surface area (Å²) in [5, 5.41) is 0.791. The van der Waals surface area contributed by atoms with Crippen molar-refractivity contribution in [3.05, 3.63) is 39.9 Å². The van der Waals surface area contributed by atoms with Crippen LogP contribution < -0.4 is 4.90 Å². The lowest BCUT2D eigenvalue weighted by atomic mass is 9.59. The van der Waals surface area contributed by atoms with Crippen molar-refractivity contribution in [2.45, 2.75) is 59.0 Å². The number of ether oxygens (including phenoxy) is 1. The number of nitrogens with zero attached hydrogens (tertiary/aromatic N) is 2. The zero-order valence-corrected chi connectivity index (χ0v) is 19.9. The maximum atomic E-state index is 12.9. The highest BCUT2D eigenvalue weighted by Gasteiger charge is 2.53. The summed E-state index contributed by atoms with van der Waals surface area (Å²) >= 11 is 6.24. The van der Waals surface area contributed by atoms with Gasteiger partial charge in [0.05, 0.1) is 5.92 Å². The average molecular weight is 443 g/mol. The van der Waals surface area contributed by atoms with E-state index in [1.807, 2.05) is 6.07 Å². The van der Waals surface area contributed by atoms with E-state index in [2.05, 4.69) is 42.7 Å². The van der Waals surface area contributed by atoms with E-state index in [0.29, 0.717) is 5.92 Å². The molecule has 3 fully saturated rings. The minimum absolute atomic E-state index is 0.0243. The lowest BCUT2D eigenvalue weighted by Crippen LogP contribution is -2.49. The number of esters is 1. The summed E-state index contributed by atoms with van der Waals surface area (Å²) in [6.45, 7) is 11.6. The molecule has 2 saturated heterocycles. The van der Waals surface area contributed by atoms with Gasteiger partial charge in [-0.15, -0.1) is 0 Å². The van der Waals surface area contributed by atoms with Gasteiger partial charge < -0.3 is 9.64 Å². The largest absolute Gasteiger partial charge is 0.462 e. The van der Waals surface area contributed by atoms with Crippen molar-refractivity contribution < 1.29 is 9.53 Å². The molecule has 168 valence electrons. The number of carbonyl (C=O) groups is 1. The van der Waals surface area contributed by atoms with Gasteiger partial charge in [0.15, 0.2) is 0 Å². The zero-order chi connectivity index (χ0) is 21.8. The predicted octanol–water partition coefficient (Wildman–Crippen LogP) is 5.23. The average Bonchev–Trinajstić information content (AvgIpc) is 3.02. The first-order valence-electron chi connectivity index (χ1n) is 12.0. The highest BCUT2D eigenvalue weighted by Crippen LogP contribution is 2.55. The molecule has 2 aliphatic heterocycles. The molecule has 5 rings (SSSR count). The number of fused-ring (bicyclic) bond motifs is 2. The van der Waals surface area contributed by atoms with Gasteiger partial charge in [-0.25, -0.2) is 0 Å². The van der Waals surface area contributed by atoms with Crippen molar-refractivity contribution in [3.63, 3.8) is 0 Å². The molecule has 0 bridgehead atoms. The molecule has 5 heteroatoms. The summed E-state index contributed by atoms with van der Waals surface area (Å²) in [6.07, 6.45) is 5.95. The van der Waals surface area contributed by atoms with Gasteiger partial charge >= 0.3 is 5.97 Å². The molecule has 2 heterocycles. The SMILES string of the molecule is CC1=C2C[C@@H]3[C@@H](C[C@@]2(C)CCC1)OC(=O)[C@@H]3CN1CCN(c2cc(Cl)ccc2C)CC1. The number of anilines is 1. The monoisotopic (exact) mass is 442 g/mol. The van der Waals surface area contributed by atoms with Crippen LogP contribution in [0.25, 0.3) is 0 Å². The van der Waals surface area contributed by atoms with Gasteiger partial charge in [-0.3, -0.25) is 9.69 Å². The number of benzene rings is 1. The third kappa shape index (κ3) is 3.91. The molecule has 4 atom stereocenters. The number of allylic oxidation sites excluding steroid dienone is 2. The molecule has 0 N–H and O–H groups in total. The Hall–Kier alpha value is -1.52. The summed E-state index contributed by atoms with van der Waals surface area (Å²) in [5.41, 5.74) is 5.97. The van der Waals surface area contributed by atoms with E-state index in [9.17, 15) is 4.79 Å². The normalized spacial score (nSPS) is 33.9. The van der Waals surface area contributed by atoms with Crippen molar-refractivity contribution in [1.29, 1.82) is 0 Å². The van der Waals surface area contributed by atoms with Gasteiger partial charge in [0.1, 0.15) is 6.10 Å². The minimum Gasteiger partial charge on any atom is -0.462 e. The van der Waals surface area contributed by atoms with Crippen LogP contribution in [0.15, 0.2) is 29.3 Å². The quantitative estimate of drug-likeness (QED) is 0.474. The smallest absolute Gasteiger partial charge is 0.310 e. The number of aryl methyl sites for hydroxylation is 1. The number of hydrogen-bond acceptors (Lipinski definition) is 4. The number of rotatable bonds is 3. The second-order valence-corrected chi connectivity index (χ2v) is 11.0. The second-order valence-electron chi connectivity index (χ2n) is 10.5. The minimum atomic E-state index is 0.0243. The van der Waals surface area contributed by atoms with Crippen LogP contribution in [0.5, 0.6) is 0 Å². The van der Waals surface area contributed by atoms with Crippen molar-refractivity contribution >= 4 is 23.3 Å². The Kier molecular flexibility index (Phi) is 5.58. The van der Waals surface area contributed by atoms with Crippen LogP contribution in [-0.4, -0.2) is 49.7 Å². The first kappa shape index (κ1) is 21.3. The highest BCUT2D eigenvalue weighted by atomic mass is 35.5. The number of hydrogen-bond donors (Lipinski definition) is 0.